The molecule has 1 aromatic carbocycles. The van der Waals surface area contributed by atoms with Gasteiger partial charge >= 0.3 is 0 Å². The van der Waals surface area contributed by atoms with Gasteiger partial charge in [-0.3, -0.25) is 19.4 Å². The van der Waals surface area contributed by atoms with E-state index in [1.807, 2.05) is 38.7 Å². The lowest BCUT2D eigenvalue weighted by molar-refractivity contribution is -0.122. The lowest BCUT2D eigenvalue weighted by atomic mass is 10.2. The first-order valence-corrected chi connectivity index (χ1v) is 11.9. The van der Waals surface area contributed by atoms with Gasteiger partial charge in [-0.05, 0) is 52.0 Å². The number of aryl methyl sites for hydroxylation is 3. The molecule has 10 nitrogen and oxygen atoms in total. The van der Waals surface area contributed by atoms with Crippen LogP contribution in [0.1, 0.15) is 24.0 Å². The van der Waals surface area contributed by atoms with E-state index >= 15 is 0 Å². The number of aromatic nitrogens is 4. The second kappa shape index (κ2) is 10.9. The third-order valence-corrected chi connectivity index (χ3v) is 6.05. The number of hydrogen-bond acceptors (Lipinski definition) is 7. The summed E-state index contributed by atoms with van der Waals surface area (Å²) in [6.07, 6.45) is 0. The number of carbonyl (C=O) groups is 2. The van der Waals surface area contributed by atoms with Crippen LogP contribution >= 0.6 is 0 Å². The van der Waals surface area contributed by atoms with E-state index in [0.717, 1.165) is 17.1 Å². The van der Waals surface area contributed by atoms with Crippen LogP contribution < -0.4 is 10.6 Å². The van der Waals surface area contributed by atoms with E-state index in [4.69, 9.17) is 0 Å². The van der Waals surface area contributed by atoms with Gasteiger partial charge in [0, 0.05) is 49.3 Å². The summed E-state index contributed by atoms with van der Waals surface area (Å²) in [5.41, 5.74) is 2.81. The topological polar surface area (TPSA) is 108 Å². The summed E-state index contributed by atoms with van der Waals surface area (Å²) in [6, 6.07) is 9.13. The molecular weight excluding hydrogens is 463 g/mol. The number of hydrogen-bond donors (Lipinski definition) is 2. The molecule has 1 aliphatic rings. The van der Waals surface area contributed by atoms with Gasteiger partial charge in [0.15, 0.2) is 0 Å². The molecule has 3 heterocycles. The predicted octanol–water partition coefficient (Wildman–Crippen LogP) is 2.31. The van der Waals surface area contributed by atoms with Crippen LogP contribution in [0.2, 0.25) is 0 Å². The Morgan fingerprint density at radius 1 is 0.972 bits per heavy atom. The second-order valence-electron chi connectivity index (χ2n) is 9.07. The summed E-state index contributed by atoms with van der Waals surface area (Å²) >= 11 is 0. The molecule has 1 atom stereocenters. The summed E-state index contributed by atoms with van der Waals surface area (Å²) in [5.74, 6) is 0.181. The molecule has 2 N–H and O–H groups in total. The normalized spacial score (nSPS) is 15.5. The summed E-state index contributed by atoms with van der Waals surface area (Å²) in [6.45, 7) is 10.2. The number of nitrogens with one attached hydrogen (secondary N) is 2. The monoisotopic (exact) mass is 494 g/mol. The van der Waals surface area contributed by atoms with Gasteiger partial charge in [-0.1, -0.05) is 6.07 Å². The van der Waals surface area contributed by atoms with Crippen molar-refractivity contribution in [3.63, 3.8) is 0 Å². The molecule has 0 aliphatic carbocycles. The minimum Gasteiger partial charge on any atom is -0.325 e. The number of benzene rings is 1. The molecule has 3 aromatic rings. The van der Waals surface area contributed by atoms with E-state index in [2.05, 4.69) is 30.6 Å². The van der Waals surface area contributed by atoms with Crippen molar-refractivity contribution in [1.82, 2.24) is 29.5 Å². The fourth-order valence-corrected chi connectivity index (χ4v) is 4.22. The molecule has 190 valence electrons. The highest BCUT2D eigenvalue weighted by Gasteiger charge is 2.27. The van der Waals surface area contributed by atoms with Gasteiger partial charge in [0.2, 0.25) is 11.8 Å². The summed E-state index contributed by atoms with van der Waals surface area (Å²) in [7, 11) is 0. The molecule has 2 aromatic heterocycles. The zero-order valence-electron chi connectivity index (χ0n) is 21.0. The fraction of sp³-hybridized carbons (Fsp3) is 0.400. The number of anilines is 2. The summed E-state index contributed by atoms with van der Waals surface area (Å²) in [4.78, 5) is 38.4. The zero-order valence-corrected chi connectivity index (χ0v) is 21.0. The van der Waals surface area contributed by atoms with Gasteiger partial charge in [-0.15, -0.1) is 0 Å². The minimum atomic E-state index is -0.396. The van der Waals surface area contributed by atoms with Crippen molar-refractivity contribution in [2.24, 2.45) is 0 Å². The number of carbonyl (C=O) groups excluding carboxylic acids is 2. The van der Waals surface area contributed by atoms with Gasteiger partial charge < -0.3 is 10.6 Å². The Morgan fingerprint density at radius 3 is 2.33 bits per heavy atom. The van der Waals surface area contributed by atoms with Crippen molar-refractivity contribution in [3.8, 4) is 5.95 Å². The Morgan fingerprint density at radius 2 is 1.67 bits per heavy atom. The van der Waals surface area contributed by atoms with E-state index < -0.39 is 5.82 Å². The maximum Gasteiger partial charge on any atom is 0.252 e. The predicted molar refractivity (Wildman–Crippen MR) is 134 cm³/mol. The molecule has 1 saturated heterocycles. The highest BCUT2D eigenvalue weighted by molar-refractivity contribution is 5.94. The van der Waals surface area contributed by atoms with E-state index in [9.17, 15) is 14.0 Å². The Bertz CT molecular complexity index is 1230. The molecular formula is C25H31FN8O2. The molecule has 4 rings (SSSR count). The molecule has 1 fully saturated rings. The van der Waals surface area contributed by atoms with Crippen molar-refractivity contribution < 1.29 is 14.0 Å². The molecule has 0 saturated carbocycles. The number of piperazine rings is 1. The first-order chi connectivity index (χ1) is 17.2. The molecule has 1 aliphatic heterocycles. The van der Waals surface area contributed by atoms with Crippen molar-refractivity contribution in [2.75, 3.05) is 43.4 Å². The summed E-state index contributed by atoms with van der Waals surface area (Å²) < 4.78 is 14.9. The fourth-order valence-electron chi connectivity index (χ4n) is 4.22. The lowest BCUT2D eigenvalue weighted by Crippen LogP contribution is -2.53. The quantitative estimate of drug-likeness (QED) is 0.519. The largest absolute Gasteiger partial charge is 0.325 e. The highest BCUT2D eigenvalue weighted by Crippen LogP contribution is 2.16. The lowest BCUT2D eigenvalue weighted by Gasteiger charge is -2.37. The number of nitrogens with zero attached hydrogens (tertiary/aromatic N) is 6. The minimum absolute atomic E-state index is 0.161. The molecule has 0 spiro atoms. The van der Waals surface area contributed by atoms with E-state index in [1.165, 1.54) is 12.1 Å². The second-order valence-corrected chi connectivity index (χ2v) is 9.07. The van der Waals surface area contributed by atoms with Crippen molar-refractivity contribution >= 4 is 23.3 Å². The van der Waals surface area contributed by atoms with Crippen LogP contribution in [-0.2, 0) is 9.59 Å². The number of amides is 2. The van der Waals surface area contributed by atoms with Crippen LogP contribution in [0.3, 0.4) is 0 Å². The highest BCUT2D eigenvalue weighted by atomic mass is 19.1. The zero-order chi connectivity index (χ0) is 25.8. The molecule has 0 bridgehead atoms. The van der Waals surface area contributed by atoms with Gasteiger partial charge in [0.25, 0.3) is 5.95 Å². The molecule has 2 amide bonds. The third kappa shape index (κ3) is 6.29. The SMILES string of the molecule is Cc1cc(C)nc(-n2nc(C)cc2NC(=O)CN2CCN(C(C)C(=O)Nc3cccc(F)c3)CC2)n1. The Kier molecular flexibility index (Phi) is 7.70. The Hall–Kier alpha value is -3.70. The molecule has 11 heteroatoms. The number of rotatable bonds is 7. The maximum absolute atomic E-state index is 13.4. The van der Waals surface area contributed by atoms with Crippen LogP contribution in [0.5, 0.6) is 0 Å². The Balaban J connectivity index is 1.30. The molecule has 0 radical (unpaired) electrons. The van der Waals surface area contributed by atoms with Crippen LogP contribution in [0, 0.1) is 26.6 Å². The Labute approximate surface area is 209 Å². The van der Waals surface area contributed by atoms with Crippen molar-refractivity contribution in [1.29, 1.82) is 0 Å². The van der Waals surface area contributed by atoms with E-state index in [-0.39, 0.29) is 24.4 Å². The average molecular weight is 495 g/mol. The van der Waals surface area contributed by atoms with Crippen molar-refractivity contribution in [2.45, 2.75) is 33.7 Å². The first kappa shape index (κ1) is 25.4. The average Bonchev–Trinajstić information content (AvgIpc) is 3.18. The van der Waals surface area contributed by atoms with Gasteiger partial charge in [-0.25, -0.2) is 14.4 Å². The smallest absolute Gasteiger partial charge is 0.252 e. The molecule has 36 heavy (non-hydrogen) atoms. The molecule has 1 unspecified atom stereocenters. The van der Waals surface area contributed by atoms with Crippen LogP contribution in [0.15, 0.2) is 36.4 Å². The van der Waals surface area contributed by atoms with E-state index in [1.54, 1.807) is 22.9 Å². The maximum atomic E-state index is 13.4. The van der Waals surface area contributed by atoms with Crippen LogP contribution in [0.4, 0.5) is 15.9 Å². The van der Waals surface area contributed by atoms with Crippen LogP contribution in [0.25, 0.3) is 5.95 Å². The van der Waals surface area contributed by atoms with Gasteiger partial charge in [0.1, 0.15) is 11.6 Å². The van der Waals surface area contributed by atoms with E-state index in [0.29, 0.717) is 43.6 Å². The number of halogens is 1. The van der Waals surface area contributed by atoms with Crippen LogP contribution in [-0.4, -0.2) is 80.1 Å². The summed E-state index contributed by atoms with van der Waals surface area (Å²) in [5, 5.41) is 10.1. The standard InChI is InChI=1S/C25H31FN8O2/c1-16-12-17(2)28-25(27-16)34-22(13-18(3)31-34)30-23(35)15-32-8-10-33(11-9-32)19(4)24(36)29-21-7-5-6-20(26)14-21/h5-7,12-14,19H,8-11,15H2,1-4H3,(H,29,36)(H,30,35). The van der Waals surface area contributed by atoms with Crippen molar-refractivity contribution in [3.05, 3.63) is 59.3 Å². The third-order valence-electron chi connectivity index (χ3n) is 6.05. The van der Waals surface area contributed by atoms with Gasteiger partial charge in [-0.2, -0.15) is 9.78 Å². The van der Waals surface area contributed by atoms with Gasteiger partial charge in [0.05, 0.1) is 18.3 Å². The first-order valence-electron chi connectivity index (χ1n) is 11.9.